The number of ether oxygens (including phenoxy) is 1. The number of hydrogen-bond donors (Lipinski definition) is 4. The van der Waals surface area contributed by atoms with Crippen LogP contribution in [0.5, 0.6) is 5.75 Å². The molecule has 28 heavy (non-hydrogen) atoms. The number of nitrogens with one attached hydrogen (secondary N) is 1. The molecule has 1 unspecified atom stereocenters. The summed E-state index contributed by atoms with van der Waals surface area (Å²) in [4.78, 5) is 13.7. The van der Waals surface area contributed by atoms with Crippen LogP contribution in [0.1, 0.15) is 25.8 Å². The van der Waals surface area contributed by atoms with E-state index >= 15 is 0 Å². The van der Waals surface area contributed by atoms with Gasteiger partial charge in [0.2, 0.25) is 5.91 Å². The Balaban J connectivity index is 0.00000171. The first-order valence-electron chi connectivity index (χ1n) is 9.03. The van der Waals surface area contributed by atoms with E-state index in [4.69, 9.17) is 16.2 Å². The van der Waals surface area contributed by atoms with Crippen molar-refractivity contribution in [3.05, 3.63) is 54.4 Å². The molecule has 0 aromatic heterocycles. The number of likely N-dealkylation sites (N-methyl/N-ethyl adjacent to an activating group) is 1. The summed E-state index contributed by atoms with van der Waals surface area (Å²) in [5.41, 5.74) is 13.3. The van der Waals surface area contributed by atoms with Gasteiger partial charge in [0.05, 0.1) is 19.2 Å². The van der Waals surface area contributed by atoms with Gasteiger partial charge < -0.3 is 31.5 Å². The van der Waals surface area contributed by atoms with Crippen LogP contribution in [-0.4, -0.2) is 37.3 Å². The fourth-order valence-corrected chi connectivity index (χ4v) is 2.49. The van der Waals surface area contributed by atoms with E-state index in [0.29, 0.717) is 17.9 Å². The SMILES string of the molecule is CCC.CN1CC(=O)NC(CO)Cc2ccc(O[CH-]/C(N)=C/C=C\N)cc21.[W]. The van der Waals surface area contributed by atoms with Crippen LogP contribution in [0.2, 0.25) is 0 Å². The number of anilines is 1. The summed E-state index contributed by atoms with van der Waals surface area (Å²) >= 11 is 0. The normalized spacial score (nSPS) is 16.6. The second-order valence-electron chi connectivity index (χ2n) is 6.29. The Kier molecular flexibility index (Phi) is 12.9. The number of fused-ring (bicyclic) bond motifs is 1. The monoisotopic (exact) mass is 559 g/mol. The number of amides is 1. The number of aliphatic hydroxyl groups excluding tert-OH is 1. The van der Waals surface area contributed by atoms with Crippen molar-refractivity contribution in [3.63, 3.8) is 0 Å². The topological polar surface area (TPSA) is 114 Å². The molecule has 1 aliphatic rings. The molecular weight excluding hydrogens is 528 g/mol. The Morgan fingerprint density at radius 1 is 1.46 bits per heavy atom. The van der Waals surface area contributed by atoms with Gasteiger partial charge >= 0.3 is 0 Å². The summed E-state index contributed by atoms with van der Waals surface area (Å²) in [7, 11) is 1.84. The van der Waals surface area contributed by atoms with E-state index in [-0.39, 0.29) is 46.2 Å². The quantitative estimate of drug-likeness (QED) is 0.321. The molecule has 0 spiro atoms. The van der Waals surface area contributed by atoms with Crippen molar-refractivity contribution in [1.82, 2.24) is 5.32 Å². The predicted molar refractivity (Wildman–Crippen MR) is 109 cm³/mol. The van der Waals surface area contributed by atoms with E-state index in [1.54, 1.807) is 12.2 Å². The van der Waals surface area contributed by atoms with E-state index in [1.165, 1.54) is 19.2 Å². The van der Waals surface area contributed by atoms with Crippen LogP contribution in [-0.2, 0) is 32.3 Å². The minimum absolute atomic E-state index is 0. The molecular formula is C20H31N4O3W-. The van der Waals surface area contributed by atoms with Crippen molar-refractivity contribution < 1.29 is 35.7 Å². The van der Waals surface area contributed by atoms with Gasteiger partial charge in [-0.2, -0.15) is 6.08 Å². The third kappa shape index (κ3) is 8.72. The summed E-state index contributed by atoms with van der Waals surface area (Å²) < 4.78 is 5.56. The molecule has 0 aliphatic carbocycles. The van der Waals surface area contributed by atoms with Crippen LogP contribution in [0.3, 0.4) is 0 Å². The molecule has 0 radical (unpaired) electrons. The first kappa shape index (κ1) is 25.9. The number of hydrogen-bond acceptors (Lipinski definition) is 6. The fourth-order valence-electron chi connectivity index (χ4n) is 2.49. The molecule has 1 heterocycles. The summed E-state index contributed by atoms with van der Waals surface area (Å²) in [6.45, 7) is 5.78. The Morgan fingerprint density at radius 2 is 2.14 bits per heavy atom. The van der Waals surface area contributed by atoms with Gasteiger partial charge in [-0.25, -0.2) is 0 Å². The smallest absolute Gasteiger partial charge is 0.239 e. The van der Waals surface area contributed by atoms with E-state index in [1.807, 2.05) is 30.1 Å². The van der Waals surface area contributed by atoms with E-state index in [9.17, 15) is 9.90 Å². The first-order valence-corrected chi connectivity index (χ1v) is 9.03. The molecule has 0 fully saturated rings. The zero-order valence-corrected chi connectivity index (χ0v) is 19.7. The number of aliphatic hydroxyl groups is 1. The molecule has 2 rings (SSSR count). The summed E-state index contributed by atoms with van der Waals surface area (Å²) in [6.07, 6.45) is 6.41. The van der Waals surface area contributed by atoms with E-state index in [2.05, 4.69) is 19.2 Å². The summed E-state index contributed by atoms with van der Waals surface area (Å²) in [5, 5.41) is 12.2. The van der Waals surface area contributed by atoms with Gasteiger partial charge in [-0.3, -0.25) is 4.79 Å². The second kappa shape index (κ2) is 14.0. The maximum atomic E-state index is 11.9. The number of carbonyl (C=O) groups excluding carboxylic acids is 1. The molecule has 8 heteroatoms. The average Bonchev–Trinajstić information content (AvgIpc) is 2.64. The maximum absolute atomic E-state index is 11.9. The molecule has 1 aliphatic heterocycles. The molecule has 156 valence electrons. The van der Waals surface area contributed by atoms with Gasteiger partial charge in [0.25, 0.3) is 0 Å². The number of nitrogens with two attached hydrogens (primary N) is 2. The van der Waals surface area contributed by atoms with Crippen LogP contribution in [0.4, 0.5) is 5.69 Å². The summed E-state index contributed by atoms with van der Waals surface area (Å²) in [6, 6.07) is 5.32. The molecule has 1 atom stereocenters. The molecule has 0 bridgehead atoms. The molecule has 7 nitrogen and oxygen atoms in total. The van der Waals surface area contributed by atoms with Gasteiger partial charge in [-0.1, -0.05) is 32.0 Å². The van der Waals surface area contributed by atoms with Crippen molar-refractivity contribution in [2.75, 3.05) is 25.1 Å². The van der Waals surface area contributed by atoms with Crippen LogP contribution < -0.4 is 26.4 Å². The van der Waals surface area contributed by atoms with Crippen molar-refractivity contribution >= 4 is 11.6 Å². The van der Waals surface area contributed by atoms with Crippen LogP contribution in [0.15, 0.2) is 42.2 Å². The number of nitrogens with zero attached hydrogens (tertiary/aromatic N) is 1. The van der Waals surface area contributed by atoms with Crippen molar-refractivity contribution in [2.24, 2.45) is 11.5 Å². The maximum Gasteiger partial charge on any atom is 0.239 e. The third-order valence-corrected chi connectivity index (χ3v) is 3.63. The Bertz CT molecular complexity index is 665. The molecule has 1 aromatic rings. The zero-order valence-electron chi connectivity index (χ0n) is 16.7. The molecule has 0 saturated heterocycles. The van der Waals surface area contributed by atoms with Gasteiger partial charge in [0.1, 0.15) is 5.75 Å². The van der Waals surface area contributed by atoms with Gasteiger partial charge in [0.15, 0.2) is 0 Å². The van der Waals surface area contributed by atoms with Crippen molar-refractivity contribution in [3.8, 4) is 5.75 Å². The largest absolute Gasteiger partial charge is 0.551 e. The number of carbonyl (C=O) groups is 1. The fraction of sp³-hybridized carbons (Fsp3) is 0.400. The number of benzene rings is 1. The van der Waals surface area contributed by atoms with Crippen LogP contribution >= 0.6 is 0 Å². The van der Waals surface area contributed by atoms with Crippen molar-refractivity contribution in [2.45, 2.75) is 32.7 Å². The number of allylic oxidation sites excluding steroid dienone is 2. The van der Waals surface area contributed by atoms with Gasteiger partial charge in [0, 0.05) is 39.9 Å². The first-order chi connectivity index (χ1) is 12.9. The minimum Gasteiger partial charge on any atom is -0.551 e. The van der Waals surface area contributed by atoms with Gasteiger partial charge in [-0.15, -0.1) is 6.08 Å². The van der Waals surface area contributed by atoms with Gasteiger partial charge in [-0.05, 0) is 30.9 Å². The molecule has 0 saturated carbocycles. The Hall–Kier alpha value is -2.11. The predicted octanol–water partition coefficient (Wildman–Crippen LogP) is 1.43. The second-order valence-corrected chi connectivity index (χ2v) is 6.29. The number of rotatable bonds is 5. The Morgan fingerprint density at radius 3 is 2.75 bits per heavy atom. The standard InChI is InChI=1S/C17H23N4O3.C3H8.W/c1-21-9-17(23)20-14(10-22)7-12-4-5-15(8-16(12)21)24-11-13(19)3-2-6-18;1-3-2;/h2-6,8,11,14,22H,7,9-10,18-19H2,1H3,(H,20,23);3H2,1-2H3;/q-1;;/b6-2-,13-3-;;. The Labute approximate surface area is 182 Å². The molecule has 6 N–H and O–H groups in total. The molecule has 1 aromatic carbocycles. The molecule has 1 amide bonds. The van der Waals surface area contributed by atoms with Crippen molar-refractivity contribution in [1.29, 1.82) is 0 Å². The average molecular weight is 559 g/mol. The van der Waals surface area contributed by atoms with Crippen LogP contribution in [0, 0.1) is 6.61 Å². The summed E-state index contributed by atoms with van der Waals surface area (Å²) in [5.74, 6) is 0.482. The van der Waals surface area contributed by atoms with E-state index < -0.39 is 0 Å². The minimum atomic E-state index is -0.287. The third-order valence-electron chi connectivity index (χ3n) is 3.63. The van der Waals surface area contributed by atoms with E-state index in [0.717, 1.165) is 11.3 Å². The zero-order chi connectivity index (χ0) is 20.2. The van der Waals surface area contributed by atoms with Crippen LogP contribution in [0.25, 0.3) is 0 Å².